The first-order valence-electron chi connectivity index (χ1n) is 7.06. The van der Waals surface area contributed by atoms with E-state index in [1.807, 2.05) is 30.3 Å². The molecular formula is C15H19N3O3S. The van der Waals surface area contributed by atoms with E-state index in [9.17, 15) is 14.4 Å². The molecule has 4 amide bonds. The van der Waals surface area contributed by atoms with Gasteiger partial charge in [0.05, 0.1) is 5.25 Å². The predicted octanol–water partition coefficient (Wildman–Crippen LogP) is 1.92. The molecule has 1 fully saturated rings. The summed E-state index contributed by atoms with van der Waals surface area (Å²) in [6, 6.07) is 8.87. The van der Waals surface area contributed by atoms with Crippen molar-refractivity contribution in [2.75, 3.05) is 0 Å². The molecule has 0 unspecified atom stereocenters. The Balaban J connectivity index is 2.00. The molecule has 1 aliphatic rings. The van der Waals surface area contributed by atoms with Crippen molar-refractivity contribution in [2.24, 2.45) is 0 Å². The maximum absolute atomic E-state index is 12.2. The Labute approximate surface area is 133 Å². The zero-order chi connectivity index (χ0) is 16.3. The minimum Gasteiger partial charge on any atom is -0.322 e. The molecule has 22 heavy (non-hydrogen) atoms. The average molecular weight is 321 g/mol. The summed E-state index contributed by atoms with van der Waals surface area (Å²) in [5.41, 5.74) is 1.44. The molecule has 2 rings (SSSR count). The highest BCUT2D eigenvalue weighted by atomic mass is 32.2. The van der Waals surface area contributed by atoms with Crippen molar-refractivity contribution in [3.8, 4) is 0 Å². The maximum atomic E-state index is 12.2. The number of carbonyl (C=O) groups excluding carboxylic acids is 3. The summed E-state index contributed by atoms with van der Waals surface area (Å²) in [5, 5.41) is 2.93. The van der Waals surface area contributed by atoms with E-state index >= 15 is 0 Å². The number of hydrogen-bond donors (Lipinski definition) is 2. The monoisotopic (exact) mass is 321 g/mol. The van der Waals surface area contributed by atoms with Crippen LogP contribution in [0.1, 0.15) is 27.2 Å². The second kappa shape index (κ2) is 6.39. The largest absolute Gasteiger partial charge is 0.344 e. The molecule has 7 heteroatoms. The van der Waals surface area contributed by atoms with Crippen molar-refractivity contribution in [3.63, 3.8) is 0 Å². The Morgan fingerprint density at radius 1 is 1.36 bits per heavy atom. The Hall–Kier alpha value is -2.02. The van der Waals surface area contributed by atoms with Gasteiger partial charge < -0.3 is 5.32 Å². The van der Waals surface area contributed by atoms with Gasteiger partial charge in [0.1, 0.15) is 5.54 Å². The van der Waals surface area contributed by atoms with E-state index in [0.29, 0.717) is 6.42 Å². The fourth-order valence-corrected chi connectivity index (χ4v) is 2.87. The molecule has 1 saturated heterocycles. The number of hydrazine groups is 1. The van der Waals surface area contributed by atoms with Crippen LogP contribution in [0.25, 0.3) is 0 Å². The van der Waals surface area contributed by atoms with Gasteiger partial charge in [0.15, 0.2) is 0 Å². The van der Waals surface area contributed by atoms with E-state index in [2.05, 4.69) is 10.7 Å². The van der Waals surface area contributed by atoms with E-state index in [1.54, 1.807) is 20.8 Å². The highest BCUT2D eigenvalue weighted by Crippen LogP contribution is 2.24. The highest BCUT2D eigenvalue weighted by Gasteiger charge is 2.47. The standard InChI is InChI=1S/C15H19N3O3S/c1-4-15(3)13(20)18(14(21)16-15)17-12(19)10(2)22-11-8-6-5-7-9-11/h5-10H,4H2,1-3H3,(H,16,21)(H,17,19)/t10-,15+/m1/s1. The van der Waals surface area contributed by atoms with Crippen LogP contribution < -0.4 is 10.7 Å². The molecule has 0 aromatic heterocycles. The molecule has 0 spiro atoms. The number of rotatable bonds is 5. The summed E-state index contributed by atoms with van der Waals surface area (Å²) in [4.78, 5) is 37.2. The Bertz CT molecular complexity index is 593. The molecule has 2 atom stereocenters. The third kappa shape index (κ3) is 3.24. The fraction of sp³-hybridized carbons (Fsp3) is 0.400. The molecule has 0 bridgehead atoms. The third-order valence-electron chi connectivity index (χ3n) is 3.62. The van der Waals surface area contributed by atoms with Crippen molar-refractivity contribution < 1.29 is 14.4 Å². The van der Waals surface area contributed by atoms with Crippen LogP contribution in [0.2, 0.25) is 0 Å². The van der Waals surface area contributed by atoms with E-state index < -0.39 is 28.6 Å². The van der Waals surface area contributed by atoms with Crippen molar-refractivity contribution >= 4 is 29.6 Å². The zero-order valence-corrected chi connectivity index (χ0v) is 13.6. The van der Waals surface area contributed by atoms with Gasteiger partial charge in [-0.3, -0.25) is 15.0 Å². The quantitative estimate of drug-likeness (QED) is 0.641. The number of benzene rings is 1. The van der Waals surface area contributed by atoms with Crippen LogP contribution in [0.3, 0.4) is 0 Å². The molecule has 6 nitrogen and oxygen atoms in total. The number of nitrogens with one attached hydrogen (secondary N) is 2. The van der Waals surface area contributed by atoms with Gasteiger partial charge in [0.25, 0.3) is 11.8 Å². The van der Waals surface area contributed by atoms with Crippen LogP contribution >= 0.6 is 11.8 Å². The summed E-state index contributed by atoms with van der Waals surface area (Å²) < 4.78 is 0. The van der Waals surface area contributed by atoms with Gasteiger partial charge in [-0.2, -0.15) is 5.01 Å². The molecule has 1 aromatic rings. The Morgan fingerprint density at radius 2 is 2.00 bits per heavy atom. The lowest BCUT2D eigenvalue weighted by Crippen LogP contribution is -2.50. The second-order valence-corrected chi connectivity index (χ2v) is 6.72. The van der Waals surface area contributed by atoms with E-state index in [1.165, 1.54) is 11.8 Å². The predicted molar refractivity (Wildman–Crippen MR) is 84.0 cm³/mol. The van der Waals surface area contributed by atoms with Crippen LogP contribution in [0.4, 0.5) is 4.79 Å². The van der Waals surface area contributed by atoms with E-state index in [0.717, 1.165) is 9.90 Å². The van der Waals surface area contributed by atoms with Crippen LogP contribution in [-0.4, -0.2) is 33.6 Å². The molecule has 1 aliphatic heterocycles. The number of amides is 4. The van der Waals surface area contributed by atoms with Crippen molar-refractivity contribution in [1.29, 1.82) is 0 Å². The normalized spacial score (nSPS) is 22.4. The van der Waals surface area contributed by atoms with Crippen LogP contribution in [-0.2, 0) is 9.59 Å². The van der Waals surface area contributed by atoms with Gasteiger partial charge >= 0.3 is 6.03 Å². The third-order valence-corrected chi connectivity index (χ3v) is 4.73. The van der Waals surface area contributed by atoms with Crippen LogP contribution in [0, 0.1) is 0 Å². The number of urea groups is 1. The lowest BCUT2D eigenvalue weighted by Gasteiger charge is -2.20. The number of imide groups is 1. The molecule has 1 heterocycles. The fourth-order valence-electron chi connectivity index (χ4n) is 1.98. The van der Waals surface area contributed by atoms with Gasteiger partial charge in [-0.05, 0) is 32.4 Å². The molecule has 2 N–H and O–H groups in total. The first-order chi connectivity index (χ1) is 10.4. The summed E-state index contributed by atoms with van der Waals surface area (Å²) in [7, 11) is 0. The van der Waals surface area contributed by atoms with Crippen LogP contribution in [0.15, 0.2) is 35.2 Å². The second-order valence-electron chi connectivity index (χ2n) is 5.31. The van der Waals surface area contributed by atoms with Gasteiger partial charge in [0.2, 0.25) is 0 Å². The summed E-state index contributed by atoms with van der Waals surface area (Å²) in [6.45, 7) is 5.17. The number of nitrogens with zero attached hydrogens (tertiary/aromatic N) is 1. The van der Waals surface area contributed by atoms with E-state index in [-0.39, 0.29) is 0 Å². The minimum absolute atomic E-state index is 0.391. The summed E-state index contributed by atoms with van der Waals surface area (Å²) >= 11 is 1.36. The average Bonchev–Trinajstić information content (AvgIpc) is 2.72. The van der Waals surface area contributed by atoms with Crippen molar-refractivity contribution in [2.45, 2.75) is 42.9 Å². The van der Waals surface area contributed by atoms with Gasteiger partial charge in [-0.25, -0.2) is 4.79 Å². The van der Waals surface area contributed by atoms with Crippen molar-refractivity contribution in [3.05, 3.63) is 30.3 Å². The molecule has 0 radical (unpaired) electrons. The minimum atomic E-state index is -0.958. The Morgan fingerprint density at radius 3 is 2.55 bits per heavy atom. The highest BCUT2D eigenvalue weighted by molar-refractivity contribution is 8.00. The molecule has 0 saturated carbocycles. The summed E-state index contributed by atoms with van der Waals surface area (Å²) in [6.07, 6.45) is 0.457. The number of hydrogen-bond acceptors (Lipinski definition) is 4. The van der Waals surface area contributed by atoms with Gasteiger partial charge in [0, 0.05) is 4.90 Å². The lowest BCUT2D eigenvalue weighted by atomic mass is 10.00. The molecular weight excluding hydrogens is 302 g/mol. The zero-order valence-electron chi connectivity index (χ0n) is 12.8. The first-order valence-corrected chi connectivity index (χ1v) is 7.94. The molecule has 118 valence electrons. The Kier molecular flexibility index (Phi) is 4.75. The topological polar surface area (TPSA) is 78.5 Å². The van der Waals surface area contributed by atoms with Crippen molar-refractivity contribution in [1.82, 2.24) is 15.8 Å². The lowest BCUT2D eigenvalue weighted by molar-refractivity contribution is -0.138. The number of carbonyl (C=O) groups is 3. The van der Waals surface area contributed by atoms with Gasteiger partial charge in [-0.1, -0.05) is 25.1 Å². The SMILES string of the molecule is CC[C@]1(C)NC(=O)N(NC(=O)[C@@H](C)Sc2ccccc2)C1=O. The first kappa shape index (κ1) is 16.4. The molecule has 0 aliphatic carbocycles. The molecule has 1 aromatic carbocycles. The summed E-state index contributed by atoms with van der Waals surface area (Å²) in [5.74, 6) is -0.831. The smallest absolute Gasteiger partial charge is 0.322 e. The van der Waals surface area contributed by atoms with E-state index in [4.69, 9.17) is 0 Å². The van der Waals surface area contributed by atoms with Gasteiger partial charge in [-0.15, -0.1) is 11.8 Å². The van der Waals surface area contributed by atoms with Crippen LogP contribution in [0.5, 0.6) is 0 Å². The number of thioether (sulfide) groups is 1. The maximum Gasteiger partial charge on any atom is 0.344 e.